The van der Waals surface area contributed by atoms with Gasteiger partial charge in [-0.05, 0) is 56.0 Å². The van der Waals surface area contributed by atoms with E-state index in [2.05, 4.69) is 25.7 Å². The van der Waals surface area contributed by atoms with Crippen LogP contribution in [0.2, 0.25) is 0 Å². The first kappa shape index (κ1) is 20.8. The first-order valence-electron chi connectivity index (χ1n) is 10.9. The van der Waals surface area contributed by atoms with Crippen LogP contribution in [0.5, 0.6) is 0 Å². The molecule has 0 saturated carbocycles. The maximum Gasteiger partial charge on any atom is 0.253 e. The van der Waals surface area contributed by atoms with Crippen LogP contribution in [-0.2, 0) is 4.79 Å². The zero-order valence-electron chi connectivity index (χ0n) is 17.7. The normalized spacial score (nSPS) is 21.2. The molecule has 2 heterocycles. The standard InChI is InChI=1S/C23H35N3O2/c1-4-12-24-13-6-5-7-21(24)23(28)26-16-14-25(15-17-26)22(27)20-10-8-19(9-11-20)18(2)3/h8-11,18,21H,4-7,12-17H2,1-3H3. The van der Waals surface area contributed by atoms with Gasteiger partial charge in [0, 0.05) is 31.7 Å². The first-order valence-corrected chi connectivity index (χ1v) is 10.9. The molecule has 2 aliphatic rings. The van der Waals surface area contributed by atoms with E-state index >= 15 is 0 Å². The van der Waals surface area contributed by atoms with Crippen LogP contribution < -0.4 is 0 Å². The van der Waals surface area contributed by atoms with E-state index < -0.39 is 0 Å². The molecule has 0 aromatic heterocycles. The Kier molecular flexibility index (Phi) is 7.11. The van der Waals surface area contributed by atoms with Gasteiger partial charge in [-0.3, -0.25) is 14.5 Å². The number of carbonyl (C=O) groups excluding carboxylic acids is 2. The quantitative estimate of drug-likeness (QED) is 0.781. The third-order valence-corrected chi connectivity index (χ3v) is 6.11. The van der Waals surface area contributed by atoms with E-state index in [-0.39, 0.29) is 17.9 Å². The molecule has 0 aliphatic carbocycles. The summed E-state index contributed by atoms with van der Waals surface area (Å²) in [5.41, 5.74) is 1.99. The van der Waals surface area contributed by atoms with Crippen molar-refractivity contribution >= 4 is 11.8 Å². The van der Waals surface area contributed by atoms with Crippen molar-refractivity contribution in [3.8, 4) is 0 Å². The Labute approximate surface area is 169 Å². The minimum atomic E-state index is 0.0412. The maximum atomic E-state index is 13.1. The van der Waals surface area contributed by atoms with Crippen molar-refractivity contribution in [2.24, 2.45) is 0 Å². The van der Waals surface area contributed by atoms with Crippen molar-refractivity contribution in [2.45, 2.75) is 58.4 Å². The van der Waals surface area contributed by atoms with Crippen LogP contribution in [0.25, 0.3) is 0 Å². The summed E-state index contributed by atoms with van der Waals surface area (Å²) in [4.78, 5) is 32.1. The molecule has 3 rings (SSSR count). The van der Waals surface area contributed by atoms with E-state index in [4.69, 9.17) is 0 Å². The van der Waals surface area contributed by atoms with E-state index in [9.17, 15) is 9.59 Å². The molecular weight excluding hydrogens is 350 g/mol. The number of hydrogen-bond acceptors (Lipinski definition) is 3. The minimum absolute atomic E-state index is 0.0412. The molecule has 2 fully saturated rings. The summed E-state index contributed by atoms with van der Waals surface area (Å²) in [6.45, 7) is 11.1. The lowest BCUT2D eigenvalue weighted by molar-refractivity contribution is -0.139. The molecular formula is C23H35N3O2. The van der Waals surface area contributed by atoms with Gasteiger partial charge in [-0.15, -0.1) is 0 Å². The van der Waals surface area contributed by atoms with Gasteiger partial charge in [0.25, 0.3) is 5.91 Å². The Bertz CT molecular complexity index is 661. The molecule has 0 spiro atoms. The van der Waals surface area contributed by atoms with Crippen molar-refractivity contribution in [3.05, 3.63) is 35.4 Å². The molecule has 2 aliphatic heterocycles. The van der Waals surface area contributed by atoms with E-state index in [1.807, 2.05) is 34.1 Å². The molecule has 2 amide bonds. The molecule has 0 bridgehead atoms. The first-order chi connectivity index (χ1) is 13.5. The highest BCUT2D eigenvalue weighted by Gasteiger charge is 2.33. The fraction of sp³-hybridized carbons (Fsp3) is 0.652. The second-order valence-electron chi connectivity index (χ2n) is 8.44. The molecule has 1 aromatic carbocycles. The van der Waals surface area contributed by atoms with Gasteiger partial charge < -0.3 is 9.80 Å². The van der Waals surface area contributed by atoms with Gasteiger partial charge >= 0.3 is 0 Å². The van der Waals surface area contributed by atoms with Gasteiger partial charge in [0.1, 0.15) is 0 Å². The average molecular weight is 386 g/mol. The number of piperidine rings is 1. The number of amides is 2. The largest absolute Gasteiger partial charge is 0.338 e. The number of hydrogen-bond donors (Lipinski definition) is 0. The van der Waals surface area contributed by atoms with Crippen LogP contribution in [0, 0.1) is 0 Å². The Hall–Kier alpha value is -1.88. The lowest BCUT2D eigenvalue weighted by Gasteiger charge is -2.40. The zero-order valence-corrected chi connectivity index (χ0v) is 17.7. The Morgan fingerprint density at radius 3 is 2.21 bits per heavy atom. The number of piperazine rings is 1. The molecule has 5 nitrogen and oxygen atoms in total. The number of nitrogens with zero attached hydrogens (tertiary/aromatic N) is 3. The van der Waals surface area contributed by atoms with Crippen LogP contribution in [0.15, 0.2) is 24.3 Å². The third kappa shape index (κ3) is 4.75. The van der Waals surface area contributed by atoms with Crippen molar-refractivity contribution in [3.63, 3.8) is 0 Å². The van der Waals surface area contributed by atoms with E-state index in [1.165, 1.54) is 12.0 Å². The summed E-state index contributed by atoms with van der Waals surface area (Å²) in [7, 11) is 0. The number of likely N-dealkylation sites (tertiary alicyclic amines) is 1. The van der Waals surface area contributed by atoms with Gasteiger partial charge in [0.2, 0.25) is 5.91 Å². The fourth-order valence-electron chi connectivity index (χ4n) is 4.36. The molecule has 5 heteroatoms. The summed E-state index contributed by atoms with van der Waals surface area (Å²) < 4.78 is 0. The highest BCUT2D eigenvalue weighted by atomic mass is 16.2. The van der Waals surface area contributed by atoms with Crippen LogP contribution in [0.1, 0.15) is 68.3 Å². The highest BCUT2D eigenvalue weighted by Crippen LogP contribution is 2.21. The zero-order chi connectivity index (χ0) is 20.1. The summed E-state index contributed by atoms with van der Waals surface area (Å²) in [5, 5.41) is 0. The lowest BCUT2D eigenvalue weighted by Crippen LogP contribution is -2.56. The molecule has 154 valence electrons. The predicted molar refractivity (Wildman–Crippen MR) is 113 cm³/mol. The molecule has 2 saturated heterocycles. The number of rotatable bonds is 5. The highest BCUT2D eigenvalue weighted by molar-refractivity contribution is 5.94. The second kappa shape index (κ2) is 9.55. The summed E-state index contributed by atoms with van der Waals surface area (Å²) >= 11 is 0. The monoisotopic (exact) mass is 385 g/mol. The van der Waals surface area contributed by atoms with E-state index in [0.29, 0.717) is 32.1 Å². The molecule has 1 unspecified atom stereocenters. The third-order valence-electron chi connectivity index (χ3n) is 6.11. The summed E-state index contributed by atoms with van der Waals surface area (Å²) in [6, 6.07) is 7.99. The smallest absolute Gasteiger partial charge is 0.253 e. The SMILES string of the molecule is CCCN1CCCCC1C(=O)N1CCN(C(=O)c2ccc(C(C)C)cc2)CC1. The van der Waals surface area contributed by atoms with Crippen molar-refractivity contribution in [1.82, 2.24) is 14.7 Å². The Morgan fingerprint density at radius 1 is 0.964 bits per heavy atom. The molecule has 0 N–H and O–H groups in total. The average Bonchev–Trinajstić information content (AvgIpc) is 2.73. The molecule has 0 radical (unpaired) electrons. The second-order valence-corrected chi connectivity index (χ2v) is 8.44. The molecule has 1 aromatic rings. The number of benzene rings is 1. The van der Waals surface area contributed by atoms with Gasteiger partial charge in [-0.25, -0.2) is 0 Å². The van der Waals surface area contributed by atoms with E-state index in [0.717, 1.165) is 37.9 Å². The van der Waals surface area contributed by atoms with Gasteiger partial charge in [0.15, 0.2) is 0 Å². The van der Waals surface area contributed by atoms with Gasteiger partial charge in [-0.2, -0.15) is 0 Å². The lowest BCUT2D eigenvalue weighted by atomic mass is 10.00. The van der Waals surface area contributed by atoms with Gasteiger partial charge in [0.05, 0.1) is 6.04 Å². The number of carbonyl (C=O) groups is 2. The topological polar surface area (TPSA) is 43.9 Å². The van der Waals surface area contributed by atoms with Crippen molar-refractivity contribution < 1.29 is 9.59 Å². The summed E-state index contributed by atoms with van der Waals surface area (Å²) in [5.74, 6) is 0.806. The Balaban J connectivity index is 1.56. The van der Waals surface area contributed by atoms with Crippen molar-refractivity contribution in [1.29, 1.82) is 0 Å². The van der Waals surface area contributed by atoms with Crippen molar-refractivity contribution in [2.75, 3.05) is 39.3 Å². The molecule has 28 heavy (non-hydrogen) atoms. The van der Waals surface area contributed by atoms with Crippen LogP contribution in [0.4, 0.5) is 0 Å². The molecule has 1 atom stereocenters. The Morgan fingerprint density at radius 2 is 1.61 bits per heavy atom. The van der Waals surface area contributed by atoms with Crippen LogP contribution >= 0.6 is 0 Å². The summed E-state index contributed by atoms with van der Waals surface area (Å²) in [6.07, 6.45) is 4.39. The fourth-order valence-corrected chi connectivity index (χ4v) is 4.36. The minimum Gasteiger partial charge on any atom is -0.338 e. The maximum absolute atomic E-state index is 13.1. The van der Waals surface area contributed by atoms with Gasteiger partial charge in [-0.1, -0.05) is 39.3 Å². The van der Waals surface area contributed by atoms with Crippen LogP contribution in [0.3, 0.4) is 0 Å². The van der Waals surface area contributed by atoms with E-state index in [1.54, 1.807) is 0 Å². The van der Waals surface area contributed by atoms with Crippen LogP contribution in [-0.4, -0.2) is 71.8 Å². The predicted octanol–water partition coefficient (Wildman–Crippen LogP) is 3.36.